The zero-order valence-corrected chi connectivity index (χ0v) is 19.3. The highest BCUT2D eigenvalue weighted by atomic mass is 19.4. The lowest BCUT2D eigenvalue weighted by atomic mass is 9.92. The Morgan fingerprint density at radius 1 is 0.730 bits per heavy atom. The van der Waals surface area contributed by atoms with Crippen LogP contribution < -0.4 is 4.74 Å². The number of nitro groups is 1. The summed E-state index contributed by atoms with van der Waals surface area (Å²) >= 11 is 0. The second-order valence-electron chi connectivity index (χ2n) is 8.62. The zero-order valence-electron chi connectivity index (χ0n) is 19.3. The van der Waals surface area contributed by atoms with E-state index in [1.807, 2.05) is 0 Å². The number of nitrogens with zero attached hydrogens (tertiary/aromatic N) is 1. The Kier molecular flexibility index (Phi) is 8.79. The topological polar surface area (TPSA) is 52.4 Å². The molecule has 0 aliphatic carbocycles. The summed E-state index contributed by atoms with van der Waals surface area (Å²) in [6.45, 7) is 4.20. The van der Waals surface area contributed by atoms with Crippen molar-refractivity contribution in [2.45, 2.75) is 81.7 Å². The van der Waals surface area contributed by atoms with Crippen molar-refractivity contribution in [1.29, 1.82) is 0 Å². The van der Waals surface area contributed by atoms with Crippen molar-refractivity contribution in [2.75, 3.05) is 6.61 Å². The number of halogens is 13. The number of nitro benzene ring substituents is 1. The monoisotopic (exact) mass is 569 g/mol. The summed E-state index contributed by atoms with van der Waals surface area (Å²) < 4.78 is 177. The van der Waals surface area contributed by atoms with Crippen LogP contribution in [0.4, 0.5) is 62.8 Å². The van der Waals surface area contributed by atoms with Crippen molar-refractivity contribution in [2.24, 2.45) is 0 Å². The van der Waals surface area contributed by atoms with E-state index in [0.717, 1.165) is 12.1 Å². The smallest absolute Gasteiger partial charge is 0.460 e. The second kappa shape index (κ2) is 10.0. The molecule has 0 atom stereocenters. The Morgan fingerprint density at radius 3 is 1.43 bits per heavy atom. The molecule has 0 heterocycles. The summed E-state index contributed by atoms with van der Waals surface area (Å²) in [4.78, 5) is 10.3. The van der Waals surface area contributed by atoms with E-state index in [2.05, 4.69) is 0 Å². The molecule has 0 spiro atoms. The van der Waals surface area contributed by atoms with Crippen LogP contribution in [0.1, 0.15) is 57.1 Å². The van der Waals surface area contributed by atoms with E-state index in [0.29, 0.717) is 0 Å². The molecule has 37 heavy (non-hydrogen) atoms. The number of alkyl halides is 13. The average Bonchev–Trinajstić information content (AvgIpc) is 2.71. The van der Waals surface area contributed by atoms with Crippen LogP contribution in [0.3, 0.4) is 0 Å². The van der Waals surface area contributed by atoms with Gasteiger partial charge in [0.25, 0.3) is 5.69 Å². The van der Waals surface area contributed by atoms with E-state index in [1.54, 1.807) is 0 Å². The molecule has 0 aliphatic heterocycles. The first-order valence-electron chi connectivity index (χ1n) is 10.2. The van der Waals surface area contributed by atoms with Crippen LogP contribution in [0, 0.1) is 10.1 Å². The summed E-state index contributed by atoms with van der Waals surface area (Å²) in [6, 6.07) is 1.90. The molecule has 0 amide bonds. The predicted octanol–water partition coefficient (Wildman–Crippen LogP) is 8.35. The predicted molar refractivity (Wildman–Crippen MR) is 102 cm³/mol. The van der Waals surface area contributed by atoms with Gasteiger partial charge in [-0.2, -0.15) is 57.1 Å². The highest BCUT2D eigenvalue weighted by Crippen LogP contribution is 2.60. The molecule has 0 unspecified atom stereocenters. The fourth-order valence-corrected chi connectivity index (χ4v) is 3.03. The first-order chi connectivity index (χ1) is 16.3. The molecule has 0 fully saturated rings. The Balaban J connectivity index is 3.38. The van der Waals surface area contributed by atoms with E-state index >= 15 is 0 Å². The Morgan fingerprint density at radius 2 is 1.11 bits per heavy atom. The molecule has 0 saturated heterocycles. The number of benzene rings is 1. The van der Waals surface area contributed by atoms with Crippen molar-refractivity contribution in [3.8, 4) is 5.75 Å². The SMILES string of the molecule is CC(C)c1cc([N+](=O)[O-])cc(C(C)C)c1OCCC(F)(F)C(F)(F)C(F)(F)C(F)(F)C(F)(F)C(F)(F)F. The molecular weight excluding hydrogens is 549 g/mol. The van der Waals surface area contributed by atoms with Crippen molar-refractivity contribution in [3.63, 3.8) is 0 Å². The molecule has 0 aromatic heterocycles. The van der Waals surface area contributed by atoms with Gasteiger partial charge in [-0.25, -0.2) is 0 Å². The van der Waals surface area contributed by atoms with Gasteiger partial charge in [-0.05, 0) is 11.8 Å². The molecule has 0 radical (unpaired) electrons. The van der Waals surface area contributed by atoms with E-state index in [4.69, 9.17) is 4.74 Å². The lowest BCUT2D eigenvalue weighted by molar-refractivity contribution is -0.440. The fourth-order valence-electron chi connectivity index (χ4n) is 3.03. The lowest BCUT2D eigenvalue weighted by Gasteiger charge is -2.39. The standard InChI is InChI=1S/C20H20F13NO3/c1-9(2)12-7-11(34(35)36)8-13(10(3)4)14(12)37-6-5-15(21,22)16(23,24)17(25,26)18(27,28)19(29,30)20(31,32)33/h7-10H,5-6H2,1-4H3. The molecule has 1 rings (SSSR count). The summed E-state index contributed by atoms with van der Waals surface area (Å²) in [5.74, 6) is -38.9. The number of non-ortho nitro benzene ring substituents is 1. The van der Waals surface area contributed by atoms with Crippen molar-refractivity contribution in [1.82, 2.24) is 0 Å². The highest BCUT2D eigenvalue weighted by Gasteiger charge is 2.90. The van der Waals surface area contributed by atoms with E-state index < -0.39 is 71.3 Å². The molecule has 214 valence electrons. The number of ether oxygens (including phenoxy) is 1. The zero-order chi connectivity index (χ0) is 29.6. The number of hydrogen-bond donors (Lipinski definition) is 0. The first-order valence-corrected chi connectivity index (χ1v) is 10.2. The third-order valence-electron chi connectivity index (χ3n) is 5.25. The molecular formula is C20H20F13NO3. The number of hydrogen-bond acceptors (Lipinski definition) is 3. The van der Waals surface area contributed by atoms with Crippen LogP contribution in [-0.4, -0.2) is 47.3 Å². The molecule has 0 saturated carbocycles. The molecule has 1 aromatic carbocycles. The lowest BCUT2D eigenvalue weighted by Crippen LogP contribution is -2.70. The largest absolute Gasteiger partial charge is 0.493 e. The normalized spacial score (nSPS) is 14.5. The van der Waals surface area contributed by atoms with Gasteiger partial charge < -0.3 is 4.74 Å². The van der Waals surface area contributed by atoms with Gasteiger partial charge in [-0.15, -0.1) is 0 Å². The Bertz CT molecular complexity index is 959. The molecule has 0 aliphatic rings. The van der Waals surface area contributed by atoms with E-state index in [-0.39, 0.29) is 16.9 Å². The third kappa shape index (κ3) is 5.54. The maximum atomic E-state index is 14.0. The maximum Gasteiger partial charge on any atom is 0.460 e. The van der Waals surface area contributed by atoms with Gasteiger partial charge in [-0.1, -0.05) is 27.7 Å². The maximum absolute atomic E-state index is 14.0. The van der Waals surface area contributed by atoms with E-state index in [1.165, 1.54) is 27.7 Å². The van der Waals surface area contributed by atoms with Crippen LogP contribution in [0.15, 0.2) is 12.1 Å². The summed E-state index contributed by atoms with van der Waals surface area (Å²) in [6.07, 6.45) is -10.0. The third-order valence-corrected chi connectivity index (χ3v) is 5.25. The van der Waals surface area contributed by atoms with Gasteiger partial charge in [0.1, 0.15) is 5.75 Å². The molecule has 0 bridgehead atoms. The van der Waals surface area contributed by atoms with Gasteiger partial charge >= 0.3 is 35.8 Å². The van der Waals surface area contributed by atoms with Gasteiger partial charge in [-0.3, -0.25) is 10.1 Å². The minimum Gasteiger partial charge on any atom is -0.493 e. The van der Waals surface area contributed by atoms with Gasteiger partial charge in [0, 0.05) is 23.3 Å². The van der Waals surface area contributed by atoms with Gasteiger partial charge in [0.2, 0.25) is 0 Å². The minimum atomic E-state index is -7.97. The number of rotatable bonds is 11. The highest BCUT2D eigenvalue weighted by molar-refractivity contribution is 5.52. The van der Waals surface area contributed by atoms with Crippen LogP contribution in [-0.2, 0) is 0 Å². The molecule has 17 heteroatoms. The van der Waals surface area contributed by atoms with Crippen LogP contribution in [0.25, 0.3) is 0 Å². The minimum absolute atomic E-state index is 0.00495. The van der Waals surface area contributed by atoms with Crippen molar-refractivity contribution >= 4 is 5.69 Å². The summed E-state index contributed by atoms with van der Waals surface area (Å²) in [7, 11) is 0. The van der Waals surface area contributed by atoms with Crippen molar-refractivity contribution < 1.29 is 66.7 Å². The van der Waals surface area contributed by atoms with Gasteiger partial charge in [0.15, 0.2) is 0 Å². The Labute approximate surface area is 200 Å². The van der Waals surface area contributed by atoms with Crippen LogP contribution in [0.5, 0.6) is 5.75 Å². The molecule has 1 aromatic rings. The first kappa shape index (κ1) is 32.5. The summed E-state index contributed by atoms with van der Waals surface area (Å²) in [5.41, 5.74) is -0.478. The van der Waals surface area contributed by atoms with Crippen LogP contribution in [0.2, 0.25) is 0 Å². The molecule has 0 N–H and O–H groups in total. The van der Waals surface area contributed by atoms with Crippen molar-refractivity contribution in [3.05, 3.63) is 33.4 Å². The second-order valence-corrected chi connectivity index (χ2v) is 8.62. The average molecular weight is 569 g/mol. The fraction of sp³-hybridized carbons (Fsp3) is 0.700. The quantitative estimate of drug-likeness (QED) is 0.153. The van der Waals surface area contributed by atoms with Crippen LogP contribution >= 0.6 is 0 Å². The molecule has 4 nitrogen and oxygen atoms in total. The summed E-state index contributed by atoms with van der Waals surface area (Å²) in [5, 5.41) is 11.2. The van der Waals surface area contributed by atoms with E-state index in [9.17, 15) is 67.2 Å². The Hall–Kier alpha value is -2.49. The van der Waals surface area contributed by atoms with Gasteiger partial charge in [0.05, 0.1) is 18.0 Å².